The van der Waals surface area contributed by atoms with E-state index in [9.17, 15) is 27.5 Å². The van der Waals surface area contributed by atoms with Gasteiger partial charge in [-0.3, -0.25) is 4.79 Å². The molecule has 160 valence electrons. The summed E-state index contributed by atoms with van der Waals surface area (Å²) in [6, 6.07) is 12.6. The molecule has 0 radical (unpaired) electrons. The molecule has 1 aliphatic heterocycles. The van der Waals surface area contributed by atoms with E-state index in [4.69, 9.17) is 9.47 Å². The number of hydrazone groups is 1. The van der Waals surface area contributed by atoms with Gasteiger partial charge in [-0.15, -0.1) is 0 Å². The molecular weight excluding hydrogens is 408 g/mol. The number of hydrogen-bond donors (Lipinski definition) is 1. The van der Waals surface area contributed by atoms with Gasteiger partial charge in [-0.2, -0.15) is 10.1 Å². The number of alkyl halides is 4. The Morgan fingerprint density at radius 2 is 1.77 bits per heavy atom. The molecule has 0 fully saturated rings. The first-order chi connectivity index (χ1) is 14.3. The quantitative estimate of drug-likeness (QED) is 0.686. The molecule has 10 heteroatoms. The van der Waals surface area contributed by atoms with E-state index in [0.29, 0.717) is 17.1 Å². The van der Waals surface area contributed by atoms with E-state index in [1.54, 1.807) is 24.3 Å². The molecule has 1 amide bonds. The SMILES string of the molecule is COc1ccccc1OCc1ccc(C(=O)N2N=C(C(F)F)C[C@@]2(O)C(F)F)cc1. The van der Waals surface area contributed by atoms with Gasteiger partial charge < -0.3 is 14.6 Å². The number of carbonyl (C=O) groups is 1. The fraction of sp³-hybridized carbons (Fsp3) is 0.300. The third-order valence-electron chi connectivity index (χ3n) is 4.49. The van der Waals surface area contributed by atoms with Crippen molar-refractivity contribution in [2.24, 2.45) is 5.10 Å². The van der Waals surface area contributed by atoms with Gasteiger partial charge in [0, 0.05) is 12.0 Å². The molecule has 1 N–H and O–H groups in total. The van der Waals surface area contributed by atoms with Crippen molar-refractivity contribution in [1.82, 2.24) is 5.01 Å². The maximum atomic E-state index is 13.3. The van der Waals surface area contributed by atoms with Gasteiger partial charge in [0.05, 0.1) is 7.11 Å². The third kappa shape index (κ3) is 4.23. The van der Waals surface area contributed by atoms with Gasteiger partial charge in [0.1, 0.15) is 12.3 Å². The Labute approximate surface area is 169 Å². The Morgan fingerprint density at radius 1 is 1.13 bits per heavy atom. The number of benzene rings is 2. The van der Waals surface area contributed by atoms with Crippen LogP contribution in [0.2, 0.25) is 0 Å². The van der Waals surface area contributed by atoms with Gasteiger partial charge >= 0.3 is 0 Å². The van der Waals surface area contributed by atoms with E-state index in [1.807, 2.05) is 0 Å². The Bertz CT molecular complexity index is 937. The monoisotopic (exact) mass is 426 g/mol. The van der Waals surface area contributed by atoms with Crippen molar-refractivity contribution in [3.63, 3.8) is 0 Å². The zero-order chi connectivity index (χ0) is 21.9. The molecule has 0 aliphatic carbocycles. The molecule has 0 saturated heterocycles. The van der Waals surface area contributed by atoms with Crippen molar-refractivity contribution in [3.05, 3.63) is 59.7 Å². The van der Waals surface area contributed by atoms with Crippen molar-refractivity contribution in [2.45, 2.75) is 31.6 Å². The molecule has 1 aliphatic rings. The Morgan fingerprint density at radius 3 is 2.33 bits per heavy atom. The van der Waals surface area contributed by atoms with E-state index in [-0.39, 0.29) is 17.2 Å². The molecule has 30 heavy (non-hydrogen) atoms. The number of nitrogens with zero attached hydrogens (tertiary/aromatic N) is 2. The number of rotatable bonds is 7. The van der Waals surface area contributed by atoms with Crippen LogP contribution in [0.15, 0.2) is 53.6 Å². The molecule has 1 atom stereocenters. The average Bonchev–Trinajstić information content (AvgIpc) is 3.11. The molecule has 6 nitrogen and oxygen atoms in total. The predicted octanol–water partition coefficient (Wildman–Crippen LogP) is 3.69. The zero-order valence-corrected chi connectivity index (χ0v) is 15.8. The van der Waals surface area contributed by atoms with Gasteiger partial charge in [0.15, 0.2) is 11.5 Å². The summed E-state index contributed by atoms with van der Waals surface area (Å²) in [5, 5.41) is 13.3. The smallest absolute Gasteiger partial charge is 0.287 e. The van der Waals surface area contributed by atoms with Crippen LogP contribution in [-0.2, 0) is 6.61 Å². The van der Waals surface area contributed by atoms with Crippen molar-refractivity contribution < 1.29 is 36.9 Å². The summed E-state index contributed by atoms with van der Waals surface area (Å²) in [6.07, 6.45) is -7.77. The van der Waals surface area contributed by atoms with Crippen LogP contribution in [0.25, 0.3) is 0 Å². The molecule has 0 unspecified atom stereocenters. The van der Waals surface area contributed by atoms with E-state index in [2.05, 4.69) is 5.10 Å². The highest BCUT2D eigenvalue weighted by molar-refractivity contribution is 5.99. The summed E-state index contributed by atoms with van der Waals surface area (Å²) in [6.45, 7) is 0.132. The molecular formula is C20H18F4N2O4. The van der Waals surface area contributed by atoms with E-state index in [0.717, 1.165) is 0 Å². The number of aliphatic hydroxyl groups is 1. The van der Waals surface area contributed by atoms with Crippen LogP contribution in [0.1, 0.15) is 22.3 Å². The lowest BCUT2D eigenvalue weighted by molar-refractivity contribution is -0.164. The van der Waals surface area contributed by atoms with Crippen LogP contribution in [0, 0.1) is 0 Å². The molecule has 0 spiro atoms. The lowest BCUT2D eigenvalue weighted by Gasteiger charge is -2.30. The average molecular weight is 426 g/mol. The van der Waals surface area contributed by atoms with E-state index >= 15 is 0 Å². The minimum atomic E-state index is -3.48. The number of amides is 1. The Hall–Kier alpha value is -3.14. The van der Waals surface area contributed by atoms with Crippen LogP contribution >= 0.6 is 0 Å². The lowest BCUT2D eigenvalue weighted by Crippen LogP contribution is -2.51. The van der Waals surface area contributed by atoms with Crippen molar-refractivity contribution in [1.29, 1.82) is 0 Å². The number of ether oxygens (including phenoxy) is 2. The molecule has 2 aromatic rings. The van der Waals surface area contributed by atoms with Crippen LogP contribution in [0.5, 0.6) is 11.5 Å². The molecule has 0 saturated carbocycles. The van der Waals surface area contributed by atoms with Gasteiger partial charge in [-0.25, -0.2) is 17.6 Å². The van der Waals surface area contributed by atoms with Crippen LogP contribution in [0.3, 0.4) is 0 Å². The maximum Gasteiger partial charge on any atom is 0.287 e. The first-order valence-electron chi connectivity index (χ1n) is 8.81. The predicted molar refractivity (Wildman–Crippen MR) is 98.9 cm³/mol. The molecule has 3 rings (SSSR count). The van der Waals surface area contributed by atoms with E-state index < -0.39 is 36.6 Å². The summed E-state index contributed by atoms with van der Waals surface area (Å²) < 4.78 is 63.1. The standard InChI is InChI=1S/C20H18F4N2O4/c1-29-15-4-2-3-5-16(15)30-11-12-6-8-13(9-7-12)18(27)26-20(28,19(23)24)10-14(25-26)17(21)22/h2-9,17,19,28H,10-11H2,1H3/t20-/m1/s1. The van der Waals surface area contributed by atoms with Crippen LogP contribution in [-0.4, -0.2) is 47.4 Å². The summed E-state index contributed by atoms with van der Waals surface area (Å²) in [5.41, 5.74) is -3.55. The maximum absolute atomic E-state index is 13.3. The second kappa shape index (κ2) is 8.70. The minimum absolute atomic E-state index is 0.0273. The highest BCUT2D eigenvalue weighted by Crippen LogP contribution is 2.34. The summed E-state index contributed by atoms with van der Waals surface area (Å²) >= 11 is 0. The molecule has 1 heterocycles. The Balaban J connectivity index is 1.74. The van der Waals surface area contributed by atoms with Crippen molar-refractivity contribution in [3.8, 4) is 11.5 Å². The number of methoxy groups -OCH3 is 1. The number of para-hydroxylation sites is 2. The highest BCUT2D eigenvalue weighted by atomic mass is 19.3. The van der Waals surface area contributed by atoms with Crippen LogP contribution in [0.4, 0.5) is 17.6 Å². The van der Waals surface area contributed by atoms with Crippen molar-refractivity contribution >= 4 is 11.6 Å². The molecule has 2 aromatic carbocycles. The topological polar surface area (TPSA) is 71.4 Å². The second-order valence-corrected chi connectivity index (χ2v) is 6.50. The molecule has 0 aromatic heterocycles. The highest BCUT2D eigenvalue weighted by Gasteiger charge is 2.53. The molecule has 0 bridgehead atoms. The third-order valence-corrected chi connectivity index (χ3v) is 4.49. The van der Waals surface area contributed by atoms with Gasteiger partial charge in [0.2, 0.25) is 5.72 Å². The number of carbonyl (C=O) groups excluding carboxylic acids is 1. The Kier molecular flexibility index (Phi) is 6.25. The normalized spacial score (nSPS) is 18.7. The number of hydrogen-bond acceptors (Lipinski definition) is 5. The van der Waals surface area contributed by atoms with Crippen molar-refractivity contribution in [2.75, 3.05) is 7.11 Å². The van der Waals surface area contributed by atoms with E-state index in [1.165, 1.54) is 31.4 Å². The van der Waals surface area contributed by atoms with Crippen LogP contribution < -0.4 is 9.47 Å². The fourth-order valence-corrected chi connectivity index (χ4v) is 2.87. The largest absolute Gasteiger partial charge is 0.493 e. The first kappa shape index (κ1) is 21.6. The first-order valence-corrected chi connectivity index (χ1v) is 8.81. The second-order valence-electron chi connectivity index (χ2n) is 6.50. The number of halogens is 4. The summed E-state index contributed by atoms with van der Waals surface area (Å²) in [5.74, 6) is -0.0731. The fourth-order valence-electron chi connectivity index (χ4n) is 2.87. The lowest BCUT2D eigenvalue weighted by atomic mass is 10.1. The summed E-state index contributed by atoms with van der Waals surface area (Å²) in [4.78, 5) is 12.5. The van der Waals surface area contributed by atoms with Gasteiger partial charge in [-0.05, 0) is 29.8 Å². The van der Waals surface area contributed by atoms with Gasteiger partial charge in [0.25, 0.3) is 18.8 Å². The summed E-state index contributed by atoms with van der Waals surface area (Å²) in [7, 11) is 1.50. The van der Waals surface area contributed by atoms with Gasteiger partial charge in [-0.1, -0.05) is 24.3 Å². The zero-order valence-electron chi connectivity index (χ0n) is 15.8. The minimum Gasteiger partial charge on any atom is -0.493 e.